The molecule has 2 aromatic rings. The van der Waals surface area contributed by atoms with Gasteiger partial charge in [-0.2, -0.15) is 0 Å². The lowest BCUT2D eigenvalue weighted by atomic mass is 10.2. The Kier molecular flexibility index (Phi) is 3.62. The van der Waals surface area contributed by atoms with E-state index >= 15 is 0 Å². The van der Waals surface area contributed by atoms with Crippen LogP contribution in [-0.2, 0) is 0 Å². The minimum atomic E-state index is -1.83. The Morgan fingerprint density at radius 1 is 1.27 bits per heavy atom. The van der Waals surface area contributed by atoms with Crippen molar-refractivity contribution in [3.05, 3.63) is 42.1 Å². The molecule has 0 saturated heterocycles. The maximum absolute atomic E-state index is 8.56. The third-order valence-electron chi connectivity index (χ3n) is 1.73. The molecule has 78 valence electrons. The van der Waals surface area contributed by atoms with Crippen LogP contribution in [0.15, 0.2) is 36.5 Å². The van der Waals surface area contributed by atoms with Gasteiger partial charge >= 0.3 is 6.16 Å². The van der Waals surface area contributed by atoms with Crippen LogP contribution < -0.4 is 0 Å². The number of aromatic nitrogens is 1. The number of aryl methyl sites for hydroxylation is 1. The molecule has 0 unspecified atom stereocenters. The smallest absolute Gasteiger partial charge is 0.450 e. The second-order valence-corrected chi connectivity index (χ2v) is 2.99. The second kappa shape index (κ2) is 4.95. The maximum Gasteiger partial charge on any atom is 0.503 e. The minimum absolute atomic E-state index is 1.07. The van der Waals surface area contributed by atoms with Gasteiger partial charge in [-0.1, -0.05) is 18.2 Å². The largest absolute Gasteiger partial charge is 0.503 e. The van der Waals surface area contributed by atoms with Gasteiger partial charge in [0.05, 0.1) is 5.52 Å². The highest BCUT2D eigenvalue weighted by Crippen LogP contribution is 2.11. The summed E-state index contributed by atoms with van der Waals surface area (Å²) >= 11 is 0. The van der Waals surface area contributed by atoms with Crippen LogP contribution in [0.3, 0.4) is 0 Å². The van der Waals surface area contributed by atoms with Crippen LogP contribution in [0.2, 0.25) is 0 Å². The summed E-state index contributed by atoms with van der Waals surface area (Å²) in [5, 5.41) is 15.2. The van der Waals surface area contributed by atoms with Gasteiger partial charge in [0.25, 0.3) is 0 Å². The highest BCUT2D eigenvalue weighted by molar-refractivity contribution is 5.78. The average Bonchev–Trinajstić information content (AvgIpc) is 2.16. The Balaban J connectivity index is 0.000000245. The van der Waals surface area contributed by atoms with Gasteiger partial charge in [-0.05, 0) is 24.6 Å². The Labute approximate surface area is 86.8 Å². The zero-order chi connectivity index (χ0) is 11.3. The van der Waals surface area contributed by atoms with Crippen molar-refractivity contribution in [3.63, 3.8) is 0 Å². The Morgan fingerprint density at radius 3 is 2.53 bits per heavy atom. The SMILES string of the molecule is Cc1cnc2ccccc2c1.O=C(O)O. The third-order valence-corrected chi connectivity index (χ3v) is 1.73. The predicted molar refractivity (Wildman–Crippen MR) is 57.1 cm³/mol. The van der Waals surface area contributed by atoms with Gasteiger partial charge in [-0.25, -0.2) is 4.79 Å². The van der Waals surface area contributed by atoms with E-state index in [9.17, 15) is 0 Å². The number of carbonyl (C=O) groups is 1. The van der Waals surface area contributed by atoms with Crippen molar-refractivity contribution in [2.45, 2.75) is 6.92 Å². The van der Waals surface area contributed by atoms with Crippen LogP contribution in [0.4, 0.5) is 4.79 Å². The van der Waals surface area contributed by atoms with E-state index in [-0.39, 0.29) is 0 Å². The number of para-hydroxylation sites is 1. The minimum Gasteiger partial charge on any atom is -0.450 e. The average molecular weight is 205 g/mol. The molecule has 0 radical (unpaired) electrons. The molecule has 2 rings (SSSR count). The van der Waals surface area contributed by atoms with Gasteiger partial charge in [0.1, 0.15) is 0 Å². The third kappa shape index (κ3) is 3.64. The van der Waals surface area contributed by atoms with Crippen LogP contribution in [-0.4, -0.2) is 21.4 Å². The summed E-state index contributed by atoms with van der Waals surface area (Å²) in [6, 6.07) is 10.3. The van der Waals surface area contributed by atoms with Crippen LogP contribution in [0, 0.1) is 6.92 Å². The number of pyridine rings is 1. The summed E-state index contributed by atoms with van der Waals surface area (Å²) < 4.78 is 0. The summed E-state index contributed by atoms with van der Waals surface area (Å²) in [6.07, 6.45) is 0.0579. The number of benzene rings is 1. The molecule has 0 bridgehead atoms. The molecule has 0 aliphatic carbocycles. The normalized spacial score (nSPS) is 9.13. The van der Waals surface area contributed by atoms with Crippen molar-refractivity contribution in [2.75, 3.05) is 0 Å². The fourth-order valence-corrected chi connectivity index (χ4v) is 1.18. The first kappa shape index (κ1) is 11.0. The topological polar surface area (TPSA) is 70.4 Å². The van der Waals surface area contributed by atoms with E-state index in [0.717, 1.165) is 5.52 Å². The van der Waals surface area contributed by atoms with Crippen LogP contribution in [0.1, 0.15) is 5.56 Å². The zero-order valence-electron chi connectivity index (χ0n) is 8.21. The quantitative estimate of drug-likeness (QED) is 0.693. The van der Waals surface area contributed by atoms with Crippen molar-refractivity contribution in [1.29, 1.82) is 0 Å². The molecule has 0 spiro atoms. The summed E-state index contributed by atoms with van der Waals surface area (Å²) in [4.78, 5) is 12.8. The van der Waals surface area contributed by atoms with E-state index in [4.69, 9.17) is 15.0 Å². The van der Waals surface area contributed by atoms with E-state index in [1.165, 1.54) is 10.9 Å². The van der Waals surface area contributed by atoms with Gasteiger partial charge < -0.3 is 10.2 Å². The standard InChI is InChI=1S/C10H9N.CH2O3/c1-8-6-9-4-2-3-5-10(9)11-7-8;2-1(3)4/h2-7H,1H3;(H2,2,3,4). The highest BCUT2D eigenvalue weighted by Gasteiger charge is 1.90. The number of fused-ring (bicyclic) bond motifs is 1. The molecule has 2 N–H and O–H groups in total. The van der Waals surface area contributed by atoms with Crippen LogP contribution in [0.5, 0.6) is 0 Å². The predicted octanol–water partition coefficient (Wildman–Crippen LogP) is 2.77. The molecule has 0 fully saturated rings. The Hall–Kier alpha value is -2.10. The molecule has 15 heavy (non-hydrogen) atoms. The fraction of sp³-hybridized carbons (Fsp3) is 0.0909. The summed E-state index contributed by atoms with van der Waals surface area (Å²) in [7, 11) is 0. The molecule has 0 aliphatic rings. The monoisotopic (exact) mass is 205 g/mol. The Morgan fingerprint density at radius 2 is 1.87 bits per heavy atom. The lowest BCUT2D eigenvalue weighted by Gasteiger charge is -1.95. The molecular formula is C11H11NO3. The van der Waals surface area contributed by atoms with Crippen molar-refractivity contribution >= 4 is 17.1 Å². The van der Waals surface area contributed by atoms with E-state index in [1.54, 1.807) is 0 Å². The molecule has 1 heterocycles. The number of hydrogen-bond acceptors (Lipinski definition) is 2. The highest BCUT2D eigenvalue weighted by atomic mass is 16.6. The molecule has 1 aromatic heterocycles. The van der Waals surface area contributed by atoms with Crippen LogP contribution >= 0.6 is 0 Å². The second-order valence-electron chi connectivity index (χ2n) is 2.99. The van der Waals surface area contributed by atoms with Crippen molar-refractivity contribution < 1.29 is 15.0 Å². The number of carboxylic acid groups (broad SMARTS) is 2. The van der Waals surface area contributed by atoms with Gasteiger partial charge in [0, 0.05) is 11.6 Å². The molecule has 4 nitrogen and oxygen atoms in total. The summed E-state index contributed by atoms with van der Waals surface area (Å²) in [5.41, 5.74) is 2.28. The summed E-state index contributed by atoms with van der Waals surface area (Å²) in [5.74, 6) is 0. The lowest BCUT2D eigenvalue weighted by Crippen LogP contribution is -1.81. The summed E-state index contributed by atoms with van der Waals surface area (Å²) in [6.45, 7) is 2.06. The van der Waals surface area contributed by atoms with E-state index in [2.05, 4.69) is 24.0 Å². The first-order chi connectivity index (χ1) is 7.09. The van der Waals surface area contributed by atoms with E-state index in [1.807, 2.05) is 24.4 Å². The molecule has 0 atom stereocenters. The number of nitrogens with zero attached hydrogens (tertiary/aromatic N) is 1. The molecule has 0 saturated carbocycles. The van der Waals surface area contributed by atoms with Gasteiger partial charge in [-0.15, -0.1) is 0 Å². The van der Waals surface area contributed by atoms with E-state index in [0.29, 0.717) is 0 Å². The lowest BCUT2D eigenvalue weighted by molar-refractivity contribution is 0.137. The zero-order valence-corrected chi connectivity index (χ0v) is 8.21. The molecular weight excluding hydrogens is 194 g/mol. The van der Waals surface area contributed by atoms with Gasteiger partial charge in [0.15, 0.2) is 0 Å². The van der Waals surface area contributed by atoms with Crippen molar-refractivity contribution in [2.24, 2.45) is 0 Å². The number of rotatable bonds is 0. The number of hydrogen-bond donors (Lipinski definition) is 2. The first-order valence-corrected chi connectivity index (χ1v) is 4.33. The molecule has 0 amide bonds. The van der Waals surface area contributed by atoms with Crippen LogP contribution in [0.25, 0.3) is 10.9 Å². The molecule has 0 aliphatic heterocycles. The maximum atomic E-state index is 8.56. The first-order valence-electron chi connectivity index (χ1n) is 4.33. The molecule has 4 heteroatoms. The van der Waals surface area contributed by atoms with Gasteiger partial charge in [-0.3, -0.25) is 4.98 Å². The molecule has 1 aromatic carbocycles. The van der Waals surface area contributed by atoms with Crippen molar-refractivity contribution in [1.82, 2.24) is 4.98 Å². The van der Waals surface area contributed by atoms with Gasteiger partial charge in [0.2, 0.25) is 0 Å². The van der Waals surface area contributed by atoms with Crippen molar-refractivity contribution in [3.8, 4) is 0 Å². The van der Waals surface area contributed by atoms with E-state index < -0.39 is 6.16 Å². The fourth-order valence-electron chi connectivity index (χ4n) is 1.18. The Bertz CT molecular complexity index is 464.